The highest BCUT2D eigenvalue weighted by Crippen LogP contribution is 2.75. The first-order chi connectivity index (χ1) is 21.2. The molecule has 3 heterocycles. The van der Waals surface area contributed by atoms with E-state index in [4.69, 9.17) is 14.0 Å². The predicted octanol–water partition coefficient (Wildman–Crippen LogP) is 7.35. The average Bonchev–Trinajstić information content (AvgIpc) is 3.95. The van der Waals surface area contributed by atoms with E-state index in [1.54, 1.807) is 12.1 Å². The summed E-state index contributed by atoms with van der Waals surface area (Å²) in [6.45, 7) is 0.169. The summed E-state index contributed by atoms with van der Waals surface area (Å²) in [5.41, 5.74) is 0.569. The summed E-state index contributed by atoms with van der Waals surface area (Å²) >= 11 is 1.40. The number of hydrogen-bond donors (Lipinski definition) is 0. The summed E-state index contributed by atoms with van der Waals surface area (Å²) in [4.78, 5) is 19.0. The van der Waals surface area contributed by atoms with Gasteiger partial charge in [0.25, 0.3) is 0 Å². The molecule has 228 valence electrons. The number of anilines is 1. The number of carbonyl (C=O) groups excluding carboxylic acids is 1. The van der Waals surface area contributed by atoms with E-state index in [-0.39, 0.29) is 46.5 Å². The van der Waals surface area contributed by atoms with Gasteiger partial charge in [-0.2, -0.15) is 13.2 Å². The Morgan fingerprint density at radius 3 is 2.75 bits per heavy atom. The standard InChI is InChI=1S/C32H27F4N3O4S/c1-41-29(40)15-10-21(33)26-22(11-15)44-30(37-26)39-23-12-17-24(20-8-9-31(20,23)39)28(17)42-13-18-25(38-43-27(18)14-6-7-14)16-4-2-3-5-19(16)32(34,35)36/h2-5,10-11,14,17,20,23-24,28H,6-9,12-13H2,1H3. The highest BCUT2D eigenvalue weighted by Gasteiger charge is 2.81. The van der Waals surface area contributed by atoms with Crippen LogP contribution in [-0.2, 0) is 22.3 Å². The van der Waals surface area contributed by atoms with E-state index in [1.807, 2.05) is 0 Å². The molecule has 5 aliphatic rings. The molecule has 5 fully saturated rings. The van der Waals surface area contributed by atoms with Crippen LogP contribution in [0.4, 0.5) is 22.7 Å². The van der Waals surface area contributed by atoms with Crippen molar-refractivity contribution in [3.05, 3.63) is 64.7 Å². The molecule has 9 rings (SSSR count). The Morgan fingerprint density at radius 1 is 1.20 bits per heavy atom. The van der Waals surface area contributed by atoms with Crippen LogP contribution in [0.15, 0.2) is 40.9 Å². The van der Waals surface area contributed by atoms with Gasteiger partial charge in [0.05, 0.1) is 47.2 Å². The third kappa shape index (κ3) is 3.73. The van der Waals surface area contributed by atoms with E-state index >= 15 is 0 Å². The van der Waals surface area contributed by atoms with Crippen LogP contribution in [0, 0.1) is 23.6 Å². The minimum Gasteiger partial charge on any atom is -0.465 e. The zero-order valence-corrected chi connectivity index (χ0v) is 24.4. The Labute approximate surface area is 253 Å². The Morgan fingerprint density at radius 2 is 2.02 bits per heavy atom. The number of halogens is 4. The molecule has 1 saturated heterocycles. The number of fused-ring (bicyclic) bond motifs is 3. The van der Waals surface area contributed by atoms with Crippen molar-refractivity contribution in [1.82, 2.24) is 10.1 Å². The molecule has 6 unspecified atom stereocenters. The van der Waals surface area contributed by atoms with Gasteiger partial charge in [-0.15, -0.1) is 0 Å². The van der Waals surface area contributed by atoms with Gasteiger partial charge in [0.15, 0.2) is 10.9 Å². The van der Waals surface area contributed by atoms with Gasteiger partial charge in [0, 0.05) is 17.0 Å². The third-order valence-corrected chi connectivity index (χ3v) is 11.6. The maximum absolute atomic E-state index is 14.9. The SMILES string of the molecule is COC(=O)c1cc(F)c2nc(N3C4CC5C(OCc6c(-c7ccccc7C(F)(F)F)noc6C6CC6)C5C5CCC543)sc2c1. The van der Waals surface area contributed by atoms with Crippen LogP contribution in [0.5, 0.6) is 0 Å². The first-order valence-corrected chi connectivity index (χ1v) is 15.8. The topological polar surface area (TPSA) is 77.5 Å². The minimum atomic E-state index is -4.51. The fourth-order valence-corrected chi connectivity index (χ4v) is 9.48. The van der Waals surface area contributed by atoms with E-state index in [0.717, 1.165) is 43.3 Å². The molecule has 0 bridgehead atoms. The number of thiazole rings is 1. The van der Waals surface area contributed by atoms with Gasteiger partial charge >= 0.3 is 12.1 Å². The maximum Gasteiger partial charge on any atom is 0.417 e. The van der Waals surface area contributed by atoms with E-state index < -0.39 is 23.5 Å². The van der Waals surface area contributed by atoms with Crippen LogP contribution < -0.4 is 4.90 Å². The van der Waals surface area contributed by atoms with Gasteiger partial charge in [0.1, 0.15) is 17.0 Å². The van der Waals surface area contributed by atoms with Crippen LogP contribution in [0.1, 0.15) is 65.3 Å². The fourth-order valence-electron chi connectivity index (χ4n) is 8.33. The molecule has 2 aromatic heterocycles. The summed E-state index contributed by atoms with van der Waals surface area (Å²) in [6, 6.07) is 8.60. The minimum absolute atomic E-state index is 0.00197. The molecule has 2 aromatic carbocycles. The lowest BCUT2D eigenvalue weighted by atomic mass is 9.64. The number of benzene rings is 2. The maximum atomic E-state index is 14.9. The molecule has 1 aliphatic heterocycles. The molecule has 7 nitrogen and oxygen atoms in total. The second kappa shape index (κ2) is 9.03. The lowest BCUT2D eigenvalue weighted by molar-refractivity contribution is -0.137. The summed E-state index contributed by atoms with van der Waals surface area (Å²) in [7, 11) is 1.27. The van der Waals surface area contributed by atoms with Crippen molar-refractivity contribution in [2.45, 2.75) is 68.5 Å². The van der Waals surface area contributed by atoms with Crippen LogP contribution in [0.3, 0.4) is 0 Å². The monoisotopic (exact) mass is 625 g/mol. The molecular formula is C32H27F4N3O4S. The molecule has 0 amide bonds. The number of carbonyl (C=O) groups is 1. The highest BCUT2D eigenvalue weighted by molar-refractivity contribution is 7.22. The number of aromatic nitrogens is 2. The second-order valence-electron chi connectivity index (χ2n) is 12.8. The first kappa shape index (κ1) is 26.9. The Balaban J connectivity index is 0.949. The number of hydrogen-bond acceptors (Lipinski definition) is 8. The fraction of sp³-hybridized carbons (Fsp3) is 0.469. The molecule has 44 heavy (non-hydrogen) atoms. The average molecular weight is 626 g/mol. The van der Waals surface area contributed by atoms with Crippen molar-refractivity contribution < 1.29 is 36.4 Å². The Hall–Kier alpha value is -3.51. The van der Waals surface area contributed by atoms with E-state index in [1.165, 1.54) is 36.6 Å². The molecule has 0 radical (unpaired) electrons. The first-order valence-electron chi connectivity index (χ1n) is 14.9. The van der Waals surface area contributed by atoms with Crippen molar-refractivity contribution in [2.24, 2.45) is 17.8 Å². The smallest absolute Gasteiger partial charge is 0.417 e. The van der Waals surface area contributed by atoms with Crippen LogP contribution in [0.2, 0.25) is 0 Å². The van der Waals surface area contributed by atoms with Crippen LogP contribution in [0.25, 0.3) is 21.5 Å². The molecule has 4 aromatic rings. The van der Waals surface area contributed by atoms with Crippen molar-refractivity contribution in [2.75, 3.05) is 12.0 Å². The molecule has 6 atom stereocenters. The lowest BCUT2D eigenvalue weighted by Gasteiger charge is -2.40. The summed E-state index contributed by atoms with van der Waals surface area (Å²) in [5, 5.41) is 4.91. The number of alkyl halides is 3. The third-order valence-electron chi connectivity index (χ3n) is 10.6. The normalized spacial score (nSPS) is 29.9. The van der Waals surface area contributed by atoms with Crippen LogP contribution >= 0.6 is 11.3 Å². The van der Waals surface area contributed by atoms with E-state index in [0.29, 0.717) is 39.8 Å². The van der Waals surface area contributed by atoms with Crippen molar-refractivity contribution in [3.8, 4) is 11.3 Å². The number of rotatable bonds is 7. The van der Waals surface area contributed by atoms with Gasteiger partial charge in [-0.3, -0.25) is 0 Å². The van der Waals surface area contributed by atoms with Crippen LogP contribution in [-0.4, -0.2) is 40.9 Å². The summed E-state index contributed by atoms with van der Waals surface area (Å²) in [5.74, 6) is 0.853. The zero-order valence-electron chi connectivity index (χ0n) is 23.6. The predicted molar refractivity (Wildman–Crippen MR) is 152 cm³/mol. The largest absolute Gasteiger partial charge is 0.465 e. The Bertz CT molecular complexity index is 1850. The summed E-state index contributed by atoms with van der Waals surface area (Å²) in [6.07, 6.45) is 0.432. The second-order valence-corrected chi connectivity index (χ2v) is 13.8. The molecule has 1 spiro atoms. The van der Waals surface area contributed by atoms with E-state index in [2.05, 4.69) is 15.0 Å². The quantitative estimate of drug-likeness (QED) is 0.121. The highest BCUT2D eigenvalue weighted by atomic mass is 32.1. The number of methoxy groups -OCH3 is 1. The summed E-state index contributed by atoms with van der Waals surface area (Å²) < 4.78 is 74.0. The zero-order chi connectivity index (χ0) is 30.1. The van der Waals surface area contributed by atoms with Crippen molar-refractivity contribution in [1.29, 1.82) is 0 Å². The molecule has 4 saturated carbocycles. The molecule has 4 aliphatic carbocycles. The van der Waals surface area contributed by atoms with Gasteiger partial charge in [-0.25, -0.2) is 14.2 Å². The molecular weight excluding hydrogens is 598 g/mol. The van der Waals surface area contributed by atoms with Crippen molar-refractivity contribution >= 4 is 32.7 Å². The lowest BCUT2D eigenvalue weighted by Crippen LogP contribution is -2.44. The molecule has 12 heteroatoms. The van der Waals surface area contributed by atoms with Gasteiger partial charge in [-0.1, -0.05) is 34.7 Å². The number of ether oxygens (including phenoxy) is 2. The van der Waals surface area contributed by atoms with Gasteiger partial charge < -0.3 is 18.9 Å². The number of esters is 1. The molecule has 0 N–H and O–H groups in total. The van der Waals surface area contributed by atoms with Gasteiger partial charge in [-0.05, 0) is 68.1 Å². The van der Waals surface area contributed by atoms with Gasteiger partial charge in [0.2, 0.25) is 0 Å². The number of nitrogens with zero attached hydrogens (tertiary/aromatic N) is 3. The van der Waals surface area contributed by atoms with Crippen molar-refractivity contribution in [3.63, 3.8) is 0 Å². The van der Waals surface area contributed by atoms with E-state index in [9.17, 15) is 22.4 Å². The Kier molecular flexibility index (Phi) is 5.51.